The third-order valence-electron chi connectivity index (χ3n) is 2.52. The second-order valence-corrected chi connectivity index (χ2v) is 5.32. The van der Waals surface area contributed by atoms with Crippen LogP contribution in [0.15, 0.2) is 36.1 Å². The van der Waals surface area contributed by atoms with Crippen LogP contribution in [0.5, 0.6) is 0 Å². The molecular formula is C11H11NO4S. The van der Waals surface area contributed by atoms with Gasteiger partial charge in [-0.25, -0.2) is 12.7 Å². The number of aliphatic hydroxyl groups excluding tert-OH is 1. The predicted molar refractivity (Wildman–Crippen MR) is 62.3 cm³/mol. The molecule has 1 aliphatic heterocycles. The Morgan fingerprint density at radius 1 is 1.24 bits per heavy atom. The van der Waals surface area contributed by atoms with Gasteiger partial charge in [0.25, 0.3) is 10.0 Å². The summed E-state index contributed by atoms with van der Waals surface area (Å²) >= 11 is 0. The van der Waals surface area contributed by atoms with Crippen molar-refractivity contribution in [1.29, 1.82) is 0 Å². The smallest absolute Gasteiger partial charge is 0.303 e. The molecule has 1 amide bonds. The molecule has 5 nitrogen and oxygen atoms in total. The highest BCUT2D eigenvalue weighted by molar-refractivity contribution is 7.99. The van der Waals surface area contributed by atoms with E-state index in [0.29, 0.717) is 9.87 Å². The number of likely N-dealkylation sites (N-methyl/N-ethyl adjacent to an activating group) is 1. The summed E-state index contributed by atoms with van der Waals surface area (Å²) in [4.78, 5) is 11.3. The second-order valence-electron chi connectivity index (χ2n) is 3.52. The average molecular weight is 253 g/mol. The molecule has 1 N–H and O–H groups in total. The molecule has 2 rings (SSSR count). The fourth-order valence-electron chi connectivity index (χ4n) is 1.75. The van der Waals surface area contributed by atoms with Gasteiger partial charge in [-0.05, 0) is 12.5 Å². The number of hydrogen-bond donors (Lipinski definition) is 1. The highest BCUT2D eigenvalue weighted by atomic mass is 32.2. The third-order valence-corrected chi connectivity index (χ3v) is 4.46. The highest BCUT2D eigenvalue weighted by Gasteiger charge is 2.43. The number of aliphatic hydroxyl groups is 1. The molecule has 0 aliphatic carbocycles. The zero-order valence-corrected chi connectivity index (χ0v) is 9.94. The Bertz CT molecular complexity index is 589. The van der Waals surface area contributed by atoms with E-state index in [-0.39, 0.29) is 11.4 Å². The minimum atomic E-state index is -3.92. The van der Waals surface area contributed by atoms with Gasteiger partial charge in [-0.2, -0.15) is 0 Å². The Balaban J connectivity index is 2.66. The first kappa shape index (κ1) is 11.7. The van der Waals surface area contributed by atoms with Crippen molar-refractivity contribution in [2.75, 3.05) is 6.54 Å². The normalized spacial score (nSPS) is 18.9. The summed E-state index contributed by atoms with van der Waals surface area (Å²) in [6, 6.07) is 8.08. The van der Waals surface area contributed by atoms with Crippen LogP contribution in [-0.2, 0) is 14.8 Å². The first-order valence-electron chi connectivity index (χ1n) is 5.06. The minimum Gasteiger partial charge on any atom is -0.502 e. The van der Waals surface area contributed by atoms with Crippen LogP contribution in [0.2, 0.25) is 0 Å². The molecule has 1 aromatic carbocycles. The Hall–Kier alpha value is -1.82. The molecule has 0 fully saturated rings. The quantitative estimate of drug-likeness (QED) is 0.856. The van der Waals surface area contributed by atoms with Crippen LogP contribution >= 0.6 is 0 Å². The van der Waals surface area contributed by atoms with Gasteiger partial charge in [0.2, 0.25) is 5.76 Å². The van der Waals surface area contributed by atoms with E-state index in [2.05, 4.69) is 0 Å². The lowest BCUT2D eigenvalue weighted by molar-refractivity contribution is -0.124. The van der Waals surface area contributed by atoms with E-state index in [9.17, 15) is 18.3 Å². The number of sulfonamides is 1. The molecule has 1 aliphatic rings. The summed E-state index contributed by atoms with van der Waals surface area (Å²) in [7, 11) is -3.92. The Labute approximate surface area is 99.0 Å². The Morgan fingerprint density at radius 2 is 1.82 bits per heavy atom. The van der Waals surface area contributed by atoms with Crippen molar-refractivity contribution in [3.8, 4) is 0 Å². The largest absolute Gasteiger partial charge is 0.502 e. The van der Waals surface area contributed by atoms with Crippen LogP contribution in [0.3, 0.4) is 0 Å². The zero-order chi connectivity index (χ0) is 12.6. The molecule has 0 radical (unpaired) electrons. The van der Waals surface area contributed by atoms with Crippen molar-refractivity contribution < 1.29 is 18.3 Å². The summed E-state index contributed by atoms with van der Waals surface area (Å²) in [5.41, 5.74) is 0.314. The molecule has 0 unspecified atom stereocenters. The fraction of sp³-hybridized carbons (Fsp3) is 0.182. The maximum Gasteiger partial charge on any atom is 0.303 e. The number of benzene rings is 1. The molecule has 0 saturated heterocycles. The van der Waals surface area contributed by atoms with Crippen molar-refractivity contribution in [3.63, 3.8) is 0 Å². The van der Waals surface area contributed by atoms with Gasteiger partial charge in [0.1, 0.15) is 4.91 Å². The molecule has 0 atom stereocenters. The number of rotatable bonds is 2. The summed E-state index contributed by atoms with van der Waals surface area (Å²) in [6.07, 6.45) is 0. The predicted octanol–water partition coefficient (Wildman–Crippen LogP) is 1.11. The standard InChI is InChI=1S/C11H11NO4S/c1-2-12-11(14)9(13)10(17(12,15)16)8-6-4-3-5-7-8/h3-7,13H,2H2,1H3. The van der Waals surface area contributed by atoms with E-state index in [0.717, 1.165) is 0 Å². The maximum atomic E-state index is 12.0. The van der Waals surface area contributed by atoms with Gasteiger partial charge in [0.05, 0.1) is 0 Å². The van der Waals surface area contributed by atoms with Crippen molar-refractivity contribution >= 4 is 20.8 Å². The van der Waals surface area contributed by atoms with E-state index in [1.54, 1.807) is 18.2 Å². The lowest BCUT2D eigenvalue weighted by atomic mass is 10.2. The van der Waals surface area contributed by atoms with E-state index in [1.165, 1.54) is 19.1 Å². The highest BCUT2D eigenvalue weighted by Crippen LogP contribution is 2.33. The van der Waals surface area contributed by atoms with Gasteiger partial charge in [-0.3, -0.25) is 4.79 Å². The Kier molecular flexibility index (Phi) is 2.66. The number of hydrogen-bond acceptors (Lipinski definition) is 4. The molecule has 0 spiro atoms. The van der Waals surface area contributed by atoms with Gasteiger partial charge in [-0.1, -0.05) is 30.3 Å². The van der Waals surface area contributed by atoms with Crippen LogP contribution < -0.4 is 0 Å². The molecule has 1 heterocycles. The van der Waals surface area contributed by atoms with Crippen molar-refractivity contribution in [2.45, 2.75) is 6.92 Å². The molecule has 0 aromatic heterocycles. The van der Waals surface area contributed by atoms with Gasteiger partial charge < -0.3 is 5.11 Å². The van der Waals surface area contributed by atoms with Crippen LogP contribution in [-0.4, -0.2) is 30.3 Å². The van der Waals surface area contributed by atoms with E-state index in [4.69, 9.17) is 0 Å². The first-order valence-corrected chi connectivity index (χ1v) is 6.50. The SMILES string of the molecule is CCN1C(=O)C(O)=C(c2ccccc2)S1(=O)=O. The molecule has 1 aromatic rings. The van der Waals surface area contributed by atoms with Gasteiger partial charge in [0.15, 0.2) is 0 Å². The number of amides is 1. The van der Waals surface area contributed by atoms with Crippen molar-refractivity contribution in [1.82, 2.24) is 4.31 Å². The molecule has 90 valence electrons. The lowest BCUT2D eigenvalue weighted by Crippen LogP contribution is -2.31. The molecular weight excluding hydrogens is 242 g/mol. The number of nitrogens with zero attached hydrogens (tertiary/aromatic N) is 1. The topological polar surface area (TPSA) is 74.7 Å². The first-order chi connectivity index (χ1) is 8.00. The second kappa shape index (κ2) is 3.89. The molecule has 17 heavy (non-hydrogen) atoms. The van der Waals surface area contributed by atoms with Gasteiger partial charge in [-0.15, -0.1) is 0 Å². The average Bonchev–Trinajstić information content (AvgIpc) is 2.46. The summed E-state index contributed by atoms with van der Waals surface area (Å²) in [6.45, 7) is 1.54. The van der Waals surface area contributed by atoms with E-state index in [1.807, 2.05) is 0 Å². The minimum absolute atomic E-state index is 0.00155. The van der Waals surface area contributed by atoms with Gasteiger partial charge >= 0.3 is 5.91 Å². The number of carbonyl (C=O) groups excluding carboxylic acids is 1. The molecule has 6 heteroatoms. The van der Waals surface area contributed by atoms with Gasteiger partial charge in [0, 0.05) is 6.54 Å². The fourth-order valence-corrected chi connectivity index (χ4v) is 3.38. The Morgan fingerprint density at radius 3 is 2.29 bits per heavy atom. The monoisotopic (exact) mass is 253 g/mol. The summed E-state index contributed by atoms with van der Waals surface area (Å²) < 4.78 is 24.7. The zero-order valence-electron chi connectivity index (χ0n) is 9.12. The van der Waals surface area contributed by atoms with Crippen LogP contribution in [0.25, 0.3) is 4.91 Å². The van der Waals surface area contributed by atoms with E-state index < -0.39 is 21.7 Å². The van der Waals surface area contributed by atoms with Crippen LogP contribution in [0.4, 0.5) is 0 Å². The third kappa shape index (κ3) is 1.61. The maximum absolute atomic E-state index is 12.0. The molecule has 0 bridgehead atoms. The summed E-state index contributed by atoms with van der Waals surface area (Å²) in [5.74, 6) is -1.58. The van der Waals surface area contributed by atoms with E-state index >= 15 is 0 Å². The number of carbonyl (C=O) groups is 1. The van der Waals surface area contributed by atoms with Crippen molar-refractivity contribution in [3.05, 3.63) is 41.7 Å². The van der Waals surface area contributed by atoms with Crippen molar-refractivity contribution in [2.24, 2.45) is 0 Å². The van der Waals surface area contributed by atoms with Crippen LogP contribution in [0.1, 0.15) is 12.5 Å². The van der Waals surface area contributed by atoms with Crippen LogP contribution in [0, 0.1) is 0 Å². The summed E-state index contributed by atoms with van der Waals surface area (Å²) in [5, 5.41) is 9.66. The molecule has 0 saturated carbocycles. The lowest BCUT2D eigenvalue weighted by Gasteiger charge is -2.12.